The molecular formula is C10H17NO. The van der Waals surface area contributed by atoms with Crippen molar-refractivity contribution in [3.63, 3.8) is 0 Å². The van der Waals surface area contributed by atoms with E-state index in [0.717, 1.165) is 30.6 Å². The molecule has 0 amide bonds. The van der Waals surface area contributed by atoms with Gasteiger partial charge < -0.3 is 4.74 Å². The van der Waals surface area contributed by atoms with Crippen LogP contribution < -0.4 is 0 Å². The number of hydrogen-bond acceptors (Lipinski definition) is 2. The minimum atomic E-state index is 0.773. The average Bonchev–Trinajstić information content (AvgIpc) is 1.75. The van der Waals surface area contributed by atoms with E-state index in [4.69, 9.17) is 4.74 Å². The van der Waals surface area contributed by atoms with Gasteiger partial charge in [-0.2, -0.15) is 0 Å². The van der Waals surface area contributed by atoms with Gasteiger partial charge in [-0.05, 0) is 24.2 Å². The van der Waals surface area contributed by atoms with Gasteiger partial charge in [0.25, 0.3) is 0 Å². The molecule has 0 atom stereocenters. The molecule has 2 aliphatic heterocycles. The summed E-state index contributed by atoms with van der Waals surface area (Å²) in [6.45, 7) is 7.09. The highest BCUT2D eigenvalue weighted by Gasteiger charge is 2.52. The van der Waals surface area contributed by atoms with E-state index in [1.54, 1.807) is 0 Å². The smallest absolute Gasteiger partial charge is 0.0645 e. The molecule has 3 rings (SSSR count). The Hall–Kier alpha value is -0.0800. The van der Waals surface area contributed by atoms with Crippen LogP contribution >= 0.6 is 0 Å². The lowest BCUT2D eigenvalue weighted by molar-refractivity contribution is -0.165. The Kier molecular flexibility index (Phi) is 1.37. The van der Waals surface area contributed by atoms with E-state index < -0.39 is 0 Å². The molecule has 0 N–H and O–H groups in total. The summed E-state index contributed by atoms with van der Waals surface area (Å²) < 4.78 is 5.19. The summed E-state index contributed by atoms with van der Waals surface area (Å²) in [4.78, 5) is 2.61. The van der Waals surface area contributed by atoms with E-state index in [9.17, 15) is 0 Å². The van der Waals surface area contributed by atoms with Gasteiger partial charge in [0.1, 0.15) is 0 Å². The first-order chi connectivity index (χ1) is 5.77. The molecule has 3 aliphatic rings. The lowest BCUT2D eigenvalue weighted by Crippen LogP contribution is -2.67. The molecule has 0 aromatic heterocycles. The summed E-state index contributed by atoms with van der Waals surface area (Å²) in [6.07, 6.45) is 2.97. The zero-order valence-electron chi connectivity index (χ0n) is 7.75. The molecule has 0 bridgehead atoms. The van der Waals surface area contributed by atoms with Gasteiger partial charge in [0.05, 0.1) is 19.3 Å². The van der Waals surface area contributed by atoms with Crippen molar-refractivity contribution in [2.75, 3.05) is 26.3 Å². The predicted molar refractivity (Wildman–Crippen MR) is 47.0 cm³/mol. The summed E-state index contributed by atoms with van der Waals surface area (Å²) in [7, 11) is 0. The first kappa shape index (κ1) is 7.34. The van der Waals surface area contributed by atoms with Crippen molar-refractivity contribution >= 4 is 0 Å². The number of likely N-dealkylation sites (tertiary alicyclic amines) is 1. The summed E-state index contributed by atoms with van der Waals surface area (Å²) in [5, 5.41) is 0. The second kappa shape index (κ2) is 2.24. The van der Waals surface area contributed by atoms with Crippen LogP contribution in [0.4, 0.5) is 0 Å². The Morgan fingerprint density at radius 2 is 1.92 bits per heavy atom. The van der Waals surface area contributed by atoms with Crippen LogP contribution in [0, 0.1) is 11.3 Å². The van der Waals surface area contributed by atoms with Crippen molar-refractivity contribution in [3.05, 3.63) is 0 Å². The number of nitrogens with zero attached hydrogens (tertiary/aromatic N) is 1. The molecule has 1 spiro atoms. The van der Waals surface area contributed by atoms with Gasteiger partial charge in [0.15, 0.2) is 0 Å². The van der Waals surface area contributed by atoms with Crippen LogP contribution in [-0.4, -0.2) is 37.2 Å². The van der Waals surface area contributed by atoms with Gasteiger partial charge in [-0.3, -0.25) is 4.90 Å². The fraction of sp³-hybridized carbons (Fsp3) is 1.00. The van der Waals surface area contributed by atoms with Crippen molar-refractivity contribution in [2.24, 2.45) is 11.3 Å². The maximum absolute atomic E-state index is 5.19. The minimum Gasteiger partial charge on any atom is -0.378 e. The van der Waals surface area contributed by atoms with Crippen molar-refractivity contribution in [2.45, 2.75) is 25.8 Å². The molecule has 2 heteroatoms. The molecule has 68 valence electrons. The Morgan fingerprint density at radius 1 is 1.25 bits per heavy atom. The predicted octanol–water partition coefficient (Wildman–Crippen LogP) is 1.12. The maximum Gasteiger partial charge on any atom is 0.0645 e. The molecule has 3 fully saturated rings. The Bertz CT molecular complexity index is 186. The van der Waals surface area contributed by atoms with Gasteiger partial charge in [-0.25, -0.2) is 0 Å². The molecule has 0 radical (unpaired) electrons. The Labute approximate surface area is 73.9 Å². The lowest BCUT2D eigenvalue weighted by Gasteiger charge is -2.61. The summed E-state index contributed by atoms with van der Waals surface area (Å²) in [6, 6.07) is 0.784. The molecule has 12 heavy (non-hydrogen) atoms. The van der Waals surface area contributed by atoms with Crippen LogP contribution in [0.1, 0.15) is 19.8 Å². The highest BCUT2D eigenvalue weighted by atomic mass is 16.5. The second-order valence-electron chi connectivity index (χ2n) is 5.11. The van der Waals surface area contributed by atoms with Gasteiger partial charge in [-0.15, -0.1) is 0 Å². The summed E-state index contributed by atoms with van der Waals surface area (Å²) in [5.41, 5.74) is 0.773. The number of hydrogen-bond donors (Lipinski definition) is 0. The quantitative estimate of drug-likeness (QED) is 0.580. The van der Waals surface area contributed by atoms with Gasteiger partial charge in [0, 0.05) is 13.1 Å². The molecule has 0 aromatic rings. The molecule has 0 unspecified atom stereocenters. The van der Waals surface area contributed by atoms with E-state index >= 15 is 0 Å². The summed E-state index contributed by atoms with van der Waals surface area (Å²) in [5.74, 6) is 1.00. The minimum absolute atomic E-state index is 0.773. The normalized spacial score (nSPS) is 35.8. The van der Waals surface area contributed by atoms with Crippen molar-refractivity contribution in [1.29, 1.82) is 0 Å². The van der Waals surface area contributed by atoms with Crippen LogP contribution in [-0.2, 0) is 4.74 Å². The molecular weight excluding hydrogens is 150 g/mol. The van der Waals surface area contributed by atoms with Crippen LogP contribution in [0.2, 0.25) is 0 Å². The zero-order chi connectivity index (χ0) is 8.18. The van der Waals surface area contributed by atoms with Crippen LogP contribution in [0.5, 0.6) is 0 Å². The fourth-order valence-corrected chi connectivity index (χ4v) is 3.18. The zero-order valence-corrected chi connectivity index (χ0v) is 7.75. The van der Waals surface area contributed by atoms with E-state index in [0.29, 0.717) is 0 Å². The Balaban J connectivity index is 1.51. The van der Waals surface area contributed by atoms with Crippen LogP contribution in [0.3, 0.4) is 0 Å². The third-order valence-corrected chi connectivity index (χ3v) is 3.78. The topological polar surface area (TPSA) is 12.5 Å². The molecule has 0 aromatic carbocycles. The third-order valence-electron chi connectivity index (χ3n) is 3.78. The van der Waals surface area contributed by atoms with Crippen molar-refractivity contribution in [1.82, 2.24) is 4.90 Å². The molecule has 2 heterocycles. The SMILES string of the molecule is CC1CC2(C1)CN(C1COC1)C2. The maximum atomic E-state index is 5.19. The summed E-state index contributed by atoms with van der Waals surface area (Å²) >= 11 is 0. The number of ether oxygens (including phenoxy) is 1. The molecule has 1 aliphatic carbocycles. The third kappa shape index (κ3) is 0.882. The van der Waals surface area contributed by atoms with Crippen molar-refractivity contribution in [3.8, 4) is 0 Å². The monoisotopic (exact) mass is 167 g/mol. The van der Waals surface area contributed by atoms with E-state index in [2.05, 4.69) is 11.8 Å². The van der Waals surface area contributed by atoms with Crippen LogP contribution in [0.15, 0.2) is 0 Å². The van der Waals surface area contributed by atoms with Crippen LogP contribution in [0.25, 0.3) is 0 Å². The second-order valence-corrected chi connectivity index (χ2v) is 5.11. The van der Waals surface area contributed by atoms with E-state index in [1.807, 2.05) is 0 Å². The first-order valence-electron chi connectivity index (χ1n) is 5.09. The Morgan fingerprint density at radius 3 is 2.33 bits per heavy atom. The number of rotatable bonds is 1. The van der Waals surface area contributed by atoms with Gasteiger partial charge in [0.2, 0.25) is 0 Å². The largest absolute Gasteiger partial charge is 0.378 e. The lowest BCUT2D eigenvalue weighted by atomic mass is 9.58. The van der Waals surface area contributed by atoms with Crippen molar-refractivity contribution < 1.29 is 4.74 Å². The van der Waals surface area contributed by atoms with Gasteiger partial charge >= 0.3 is 0 Å². The van der Waals surface area contributed by atoms with E-state index in [1.165, 1.54) is 25.9 Å². The molecule has 1 saturated carbocycles. The standard InChI is InChI=1S/C10H17NO/c1-8-2-10(3-8)6-11(7-10)9-4-12-5-9/h8-9H,2-7H2,1H3. The van der Waals surface area contributed by atoms with E-state index in [-0.39, 0.29) is 0 Å². The molecule has 2 saturated heterocycles. The fourth-order valence-electron chi connectivity index (χ4n) is 3.18. The average molecular weight is 167 g/mol. The highest BCUT2D eigenvalue weighted by Crippen LogP contribution is 2.52. The highest BCUT2D eigenvalue weighted by molar-refractivity contribution is 5.05. The van der Waals surface area contributed by atoms with Gasteiger partial charge in [-0.1, -0.05) is 6.92 Å². The molecule has 2 nitrogen and oxygen atoms in total. The first-order valence-corrected chi connectivity index (χ1v) is 5.09.